The predicted octanol–water partition coefficient (Wildman–Crippen LogP) is 1.76. The average molecular weight is 212 g/mol. The van der Waals surface area contributed by atoms with Crippen molar-refractivity contribution in [2.75, 3.05) is 13.1 Å². The first kappa shape index (κ1) is 12.5. The van der Waals surface area contributed by atoms with Crippen molar-refractivity contribution in [3.05, 3.63) is 0 Å². The number of rotatable bonds is 3. The Labute approximate surface area is 93.0 Å². The summed E-state index contributed by atoms with van der Waals surface area (Å²) in [5.74, 6) is 0.239. The first-order valence-corrected chi connectivity index (χ1v) is 6.21. The van der Waals surface area contributed by atoms with Gasteiger partial charge in [-0.1, -0.05) is 26.7 Å². The lowest BCUT2D eigenvalue weighted by molar-refractivity contribution is -0.137. The molecule has 88 valence electrons. The van der Waals surface area contributed by atoms with E-state index in [1.54, 1.807) is 0 Å². The number of nitrogens with zero attached hydrogens (tertiary/aromatic N) is 1. The third-order valence-corrected chi connectivity index (χ3v) is 3.41. The van der Waals surface area contributed by atoms with Crippen LogP contribution in [0.25, 0.3) is 0 Å². The highest BCUT2D eigenvalue weighted by atomic mass is 16.2. The molecule has 0 aromatic heterocycles. The number of carbonyl (C=O) groups excluding carboxylic acids is 1. The van der Waals surface area contributed by atoms with E-state index in [2.05, 4.69) is 11.8 Å². The van der Waals surface area contributed by atoms with Gasteiger partial charge in [0.25, 0.3) is 0 Å². The largest absolute Gasteiger partial charge is 0.339 e. The van der Waals surface area contributed by atoms with Gasteiger partial charge in [0.15, 0.2) is 0 Å². The lowest BCUT2D eigenvalue weighted by atomic mass is 10.1. The minimum Gasteiger partial charge on any atom is -0.339 e. The Hall–Kier alpha value is -0.570. The van der Waals surface area contributed by atoms with Gasteiger partial charge < -0.3 is 10.6 Å². The molecule has 1 rings (SSSR count). The predicted molar refractivity (Wildman–Crippen MR) is 62.5 cm³/mol. The summed E-state index contributed by atoms with van der Waals surface area (Å²) in [7, 11) is 0. The molecule has 0 aromatic carbocycles. The number of amides is 1. The minimum absolute atomic E-state index is 0.0165. The summed E-state index contributed by atoms with van der Waals surface area (Å²) < 4.78 is 0. The molecule has 1 amide bonds. The highest BCUT2D eigenvalue weighted by Gasteiger charge is 2.26. The minimum atomic E-state index is -0.0165. The van der Waals surface area contributed by atoms with Crippen molar-refractivity contribution >= 4 is 5.91 Å². The van der Waals surface area contributed by atoms with E-state index in [4.69, 9.17) is 5.73 Å². The number of hydrogen-bond donors (Lipinski definition) is 1. The van der Waals surface area contributed by atoms with Crippen LogP contribution in [-0.2, 0) is 4.79 Å². The van der Waals surface area contributed by atoms with Crippen LogP contribution in [0.4, 0.5) is 0 Å². The van der Waals surface area contributed by atoms with E-state index < -0.39 is 0 Å². The maximum Gasteiger partial charge on any atom is 0.226 e. The Morgan fingerprint density at radius 3 is 2.80 bits per heavy atom. The second-order valence-electron chi connectivity index (χ2n) is 4.58. The van der Waals surface area contributed by atoms with Crippen molar-refractivity contribution < 1.29 is 4.79 Å². The molecule has 0 spiro atoms. The van der Waals surface area contributed by atoms with Crippen molar-refractivity contribution in [1.29, 1.82) is 0 Å². The van der Waals surface area contributed by atoms with Crippen LogP contribution in [0, 0.1) is 5.92 Å². The SMILES string of the molecule is CCC1CCCCCN1C(=O)C(C)CN. The Kier molecular flexibility index (Phi) is 5.09. The van der Waals surface area contributed by atoms with Crippen LogP contribution in [0.3, 0.4) is 0 Å². The zero-order chi connectivity index (χ0) is 11.3. The van der Waals surface area contributed by atoms with Crippen LogP contribution in [0.2, 0.25) is 0 Å². The summed E-state index contributed by atoms with van der Waals surface area (Å²) in [5, 5.41) is 0. The maximum absolute atomic E-state index is 12.1. The fourth-order valence-corrected chi connectivity index (χ4v) is 2.28. The highest BCUT2D eigenvalue weighted by molar-refractivity contribution is 5.79. The molecule has 0 saturated carbocycles. The summed E-state index contributed by atoms with van der Waals surface area (Å²) in [4.78, 5) is 14.2. The Balaban J connectivity index is 2.65. The van der Waals surface area contributed by atoms with E-state index in [0.29, 0.717) is 12.6 Å². The van der Waals surface area contributed by atoms with Crippen molar-refractivity contribution in [2.24, 2.45) is 11.7 Å². The number of hydrogen-bond acceptors (Lipinski definition) is 2. The van der Waals surface area contributed by atoms with Crippen LogP contribution in [0.5, 0.6) is 0 Å². The molecule has 2 unspecified atom stereocenters. The van der Waals surface area contributed by atoms with Gasteiger partial charge >= 0.3 is 0 Å². The van der Waals surface area contributed by atoms with Gasteiger partial charge in [0, 0.05) is 25.0 Å². The van der Waals surface area contributed by atoms with E-state index in [-0.39, 0.29) is 11.8 Å². The van der Waals surface area contributed by atoms with Gasteiger partial charge in [-0.2, -0.15) is 0 Å². The molecule has 2 N–H and O–H groups in total. The standard InChI is InChI=1S/C12H24N2O/c1-3-11-7-5-4-6-8-14(11)12(15)10(2)9-13/h10-11H,3-9,13H2,1-2H3. The van der Waals surface area contributed by atoms with Gasteiger partial charge in [-0.05, 0) is 19.3 Å². The van der Waals surface area contributed by atoms with Gasteiger partial charge in [0.05, 0.1) is 0 Å². The number of nitrogens with two attached hydrogens (primary N) is 1. The van der Waals surface area contributed by atoms with Crippen molar-refractivity contribution in [2.45, 2.75) is 52.0 Å². The molecule has 1 aliphatic heterocycles. The van der Waals surface area contributed by atoms with Crippen molar-refractivity contribution in [1.82, 2.24) is 4.90 Å². The molecule has 3 nitrogen and oxygen atoms in total. The summed E-state index contributed by atoms with van der Waals surface area (Å²) in [6, 6.07) is 0.453. The fourth-order valence-electron chi connectivity index (χ4n) is 2.28. The quantitative estimate of drug-likeness (QED) is 0.775. The van der Waals surface area contributed by atoms with E-state index in [9.17, 15) is 4.79 Å². The second kappa shape index (κ2) is 6.11. The van der Waals surface area contributed by atoms with Gasteiger partial charge in [0.2, 0.25) is 5.91 Å². The Morgan fingerprint density at radius 2 is 2.20 bits per heavy atom. The zero-order valence-corrected chi connectivity index (χ0v) is 10.0. The molecular weight excluding hydrogens is 188 g/mol. The topological polar surface area (TPSA) is 46.3 Å². The Morgan fingerprint density at radius 1 is 1.47 bits per heavy atom. The lowest BCUT2D eigenvalue weighted by Gasteiger charge is -2.31. The van der Waals surface area contributed by atoms with E-state index in [1.165, 1.54) is 19.3 Å². The molecule has 3 heteroatoms. The smallest absolute Gasteiger partial charge is 0.226 e. The normalized spacial score (nSPS) is 24.7. The molecule has 1 heterocycles. The molecule has 0 aromatic rings. The summed E-state index contributed by atoms with van der Waals surface area (Å²) >= 11 is 0. The van der Waals surface area contributed by atoms with Crippen molar-refractivity contribution in [3.63, 3.8) is 0 Å². The van der Waals surface area contributed by atoms with Gasteiger partial charge in [-0.3, -0.25) is 4.79 Å². The lowest BCUT2D eigenvalue weighted by Crippen LogP contribution is -2.44. The molecule has 0 bridgehead atoms. The third-order valence-electron chi connectivity index (χ3n) is 3.41. The van der Waals surface area contributed by atoms with Gasteiger partial charge in [0.1, 0.15) is 0 Å². The Bertz CT molecular complexity index is 206. The van der Waals surface area contributed by atoms with E-state index >= 15 is 0 Å². The zero-order valence-electron chi connectivity index (χ0n) is 10.0. The highest BCUT2D eigenvalue weighted by Crippen LogP contribution is 2.20. The summed E-state index contributed by atoms with van der Waals surface area (Å²) in [6.07, 6.45) is 5.92. The number of carbonyl (C=O) groups is 1. The molecule has 0 aliphatic carbocycles. The molecule has 1 aliphatic rings. The first-order chi connectivity index (χ1) is 7.20. The van der Waals surface area contributed by atoms with E-state index in [1.807, 2.05) is 6.92 Å². The van der Waals surface area contributed by atoms with Crippen LogP contribution in [0.15, 0.2) is 0 Å². The number of likely N-dealkylation sites (tertiary alicyclic amines) is 1. The molecule has 0 radical (unpaired) electrons. The van der Waals surface area contributed by atoms with Gasteiger partial charge in [-0.25, -0.2) is 0 Å². The third kappa shape index (κ3) is 3.20. The van der Waals surface area contributed by atoms with Crippen LogP contribution in [-0.4, -0.2) is 29.9 Å². The molecule has 1 fully saturated rings. The van der Waals surface area contributed by atoms with E-state index in [0.717, 1.165) is 19.4 Å². The molecule has 1 saturated heterocycles. The summed E-state index contributed by atoms with van der Waals surface area (Å²) in [5.41, 5.74) is 5.56. The van der Waals surface area contributed by atoms with Crippen LogP contribution < -0.4 is 5.73 Å². The molecular formula is C12H24N2O. The van der Waals surface area contributed by atoms with Crippen LogP contribution in [0.1, 0.15) is 46.0 Å². The molecule has 15 heavy (non-hydrogen) atoms. The van der Waals surface area contributed by atoms with Crippen molar-refractivity contribution in [3.8, 4) is 0 Å². The second-order valence-corrected chi connectivity index (χ2v) is 4.58. The average Bonchev–Trinajstić information content (AvgIpc) is 2.51. The van der Waals surface area contributed by atoms with Crippen LogP contribution >= 0.6 is 0 Å². The fraction of sp³-hybridized carbons (Fsp3) is 0.917. The monoisotopic (exact) mass is 212 g/mol. The first-order valence-electron chi connectivity index (χ1n) is 6.21. The van der Waals surface area contributed by atoms with Gasteiger partial charge in [-0.15, -0.1) is 0 Å². The summed E-state index contributed by atoms with van der Waals surface area (Å²) in [6.45, 7) is 5.50. The maximum atomic E-state index is 12.1. The molecule has 2 atom stereocenters.